The van der Waals surface area contributed by atoms with Crippen LogP contribution in [0.4, 0.5) is 35.1 Å². The molecule has 0 unspecified atom stereocenters. The van der Waals surface area contributed by atoms with Gasteiger partial charge in [0.2, 0.25) is 5.91 Å². The maximum Gasteiger partial charge on any atom is 0.323 e. The minimum atomic E-state index is -2.85. The van der Waals surface area contributed by atoms with E-state index in [1.54, 1.807) is 11.9 Å². The molecule has 4 N–H and O–H groups in total. The summed E-state index contributed by atoms with van der Waals surface area (Å²) in [6.07, 6.45) is 13.7. The van der Waals surface area contributed by atoms with Crippen LogP contribution in [-0.2, 0) is 38.2 Å². The number of hydrogen-bond acceptors (Lipinski definition) is 24. The Kier molecular flexibility index (Phi) is 39.0. The second-order valence-electron chi connectivity index (χ2n) is 35.5. The molecule has 0 saturated carbocycles. The average Bonchev–Trinajstić information content (AvgIpc) is 1.70. The molecule has 0 radical (unpaired) electrons. The molecule has 11 atom stereocenters. The fraction of sp³-hybridized carbons (Fsp3) is 0.938. The molecular weight excluding hydrogens is 1510 g/mol. The number of carboxylic acids is 1. The number of aliphatic hydroxyl groups excluding tert-OH is 2. The number of piperidine rings is 7. The van der Waals surface area contributed by atoms with Crippen molar-refractivity contribution in [3.63, 3.8) is 0 Å². The van der Waals surface area contributed by atoms with E-state index in [4.69, 9.17) is 14.6 Å². The zero-order valence-electron chi connectivity index (χ0n) is 71.1. The molecule has 14 aliphatic heterocycles. The van der Waals surface area contributed by atoms with Gasteiger partial charge in [-0.25, -0.2) is 35.1 Å². The Morgan fingerprint density at radius 2 is 0.600 bits per heavy atom. The van der Waals surface area contributed by atoms with E-state index in [2.05, 4.69) is 94.3 Å². The lowest BCUT2D eigenvalue weighted by molar-refractivity contribution is -0.147. The van der Waals surface area contributed by atoms with Gasteiger partial charge >= 0.3 is 23.9 Å². The van der Waals surface area contributed by atoms with Crippen molar-refractivity contribution < 1.29 is 88.6 Å². The first kappa shape index (κ1) is 96.6. The number of likely N-dealkylation sites (N-methyl/N-ethyl adjacent to an activating group) is 1. The molecule has 34 heteroatoms. The number of aliphatic hydroxyl groups is 2. The summed E-state index contributed by atoms with van der Waals surface area (Å²) in [5.41, 5.74) is 0. The monoisotopic (exact) mass is 1660 g/mol. The number of aliphatic carboxylic acids is 1. The van der Waals surface area contributed by atoms with Gasteiger partial charge in [0.15, 0.2) is 0 Å². The summed E-state index contributed by atoms with van der Waals surface area (Å²) >= 11 is 0. The molecule has 14 rings (SSSR count). The number of likely N-dealkylation sites (tertiary alicyclic amines) is 14. The van der Waals surface area contributed by atoms with Crippen LogP contribution in [0.25, 0.3) is 0 Å². The molecule has 0 bridgehead atoms. The number of alkyl halides is 8. The molecule has 14 aliphatic rings. The van der Waals surface area contributed by atoms with E-state index in [-0.39, 0.29) is 79.9 Å². The summed E-state index contributed by atoms with van der Waals surface area (Å²) in [5, 5.41) is 30.2. The van der Waals surface area contributed by atoms with Crippen LogP contribution < -0.4 is 5.32 Å². The number of nitrogens with zero attached hydrogens (tertiary/aromatic N) is 14. The Labute approximate surface area is 680 Å². The van der Waals surface area contributed by atoms with E-state index in [1.165, 1.54) is 58.6 Å². The third kappa shape index (κ3) is 28.6. The molecular formula is C81H145F8N15O11. The predicted molar refractivity (Wildman–Crippen MR) is 425 cm³/mol. The SMILES string of the molecule is CN1CCC(N2CC(F)(F)C[C@@H]2C(=O)O)CC1.CN1CCC(N2C[C@@H](F)C[C@@H]2CO)CC1.CN1CCC(N2C[C@H](F)C[C@@H]2CO)CC1.CNC(=O)[C@@H]1CCCN1C1CCN(C)CC1.COC(=O)[C@H]1CC(F)(F)CN1C1CCN(C)CC1.COC(=O)[C@H]1C[C@@H](F)CN1C1CCN(C)CC1.COC(=O)[C@H]1C[C@H](F)CN1C1CCN(C)CC1. The summed E-state index contributed by atoms with van der Waals surface area (Å²) in [5.74, 6) is -7.66. The van der Waals surface area contributed by atoms with Crippen molar-refractivity contribution in [3.8, 4) is 0 Å². The van der Waals surface area contributed by atoms with E-state index >= 15 is 0 Å². The van der Waals surface area contributed by atoms with E-state index < -0.39 is 79.9 Å². The molecule has 0 aliphatic carbocycles. The van der Waals surface area contributed by atoms with Gasteiger partial charge in [0.05, 0.1) is 53.7 Å². The van der Waals surface area contributed by atoms with Crippen molar-refractivity contribution in [2.45, 2.75) is 262 Å². The van der Waals surface area contributed by atoms with E-state index in [1.807, 2.05) is 23.9 Å². The molecule has 115 heavy (non-hydrogen) atoms. The highest BCUT2D eigenvalue weighted by Crippen LogP contribution is 2.39. The second kappa shape index (κ2) is 46.4. The minimum Gasteiger partial charge on any atom is -0.480 e. The molecule has 14 saturated heterocycles. The number of methoxy groups -OCH3 is 3. The maximum absolute atomic E-state index is 13.5. The minimum absolute atomic E-state index is 0.0133. The Morgan fingerprint density at radius 1 is 0.348 bits per heavy atom. The highest BCUT2D eigenvalue weighted by molar-refractivity contribution is 5.82. The fourth-order valence-electron chi connectivity index (χ4n) is 20.2. The van der Waals surface area contributed by atoms with Gasteiger partial charge in [0.1, 0.15) is 48.9 Å². The molecule has 0 aromatic heterocycles. The van der Waals surface area contributed by atoms with Gasteiger partial charge in [-0.15, -0.1) is 0 Å². The molecule has 666 valence electrons. The van der Waals surface area contributed by atoms with Crippen LogP contribution >= 0.6 is 0 Å². The van der Waals surface area contributed by atoms with Crippen molar-refractivity contribution in [3.05, 3.63) is 0 Å². The predicted octanol–water partition coefficient (Wildman–Crippen LogP) is 4.43. The van der Waals surface area contributed by atoms with E-state index in [9.17, 15) is 69.3 Å². The molecule has 26 nitrogen and oxygen atoms in total. The van der Waals surface area contributed by atoms with E-state index in [0.29, 0.717) is 82.1 Å². The normalized spacial score (nSPS) is 32.8. The molecule has 14 fully saturated rings. The van der Waals surface area contributed by atoms with Crippen molar-refractivity contribution >= 4 is 29.8 Å². The largest absolute Gasteiger partial charge is 0.480 e. The lowest BCUT2D eigenvalue weighted by Crippen LogP contribution is -2.50. The lowest BCUT2D eigenvalue weighted by Gasteiger charge is -2.37. The molecule has 1 amide bonds. The molecule has 0 spiro atoms. The summed E-state index contributed by atoms with van der Waals surface area (Å²) < 4.78 is 121. The molecule has 0 aromatic rings. The van der Waals surface area contributed by atoms with Crippen LogP contribution in [-0.4, -0.2) is 463 Å². The molecule has 14 heterocycles. The number of rotatable bonds is 14. The van der Waals surface area contributed by atoms with Gasteiger partial charge in [0.25, 0.3) is 11.8 Å². The zero-order valence-corrected chi connectivity index (χ0v) is 71.1. The molecule has 0 aromatic carbocycles. The highest BCUT2D eigenvalue weighted by atomic mass is 19.3. The average molecular weight is 1660 g/mol. The van der Waals surface area contributed by atoms with Gasteiger partial charge < -0.3 is 69.1 Å². The van der Waals surface area contributed by atoms with Gasteiger partial charge in [-0.3, -0.25) is 58.3 Å². The number of amides is 1. The first-order chi connectivity index (χ1) is 54.7. The first-order valence-electron chi connectivity index (χ1n) is 43.0. The first-order valence-corrected chi connectivity index (χ1v) is 43.0. The third-order valence-electron chi connectivity index (χ3n) is 27.1. The highest BCUT2D eigenvalue weighted by Gasteiger charge is 2.53. The van der Waals surface area contributed by atoms with Crippen molar-refractivity contribution in [1.29, 1.82) is 0 Å². The van der Waals surface area contributed by atoms with Gasteiger partial charge in [-0.2, -0.15) is 0 Å². The lowest BCUT2D eigenvalue weighted by atomic mass is 10.0. The summed E-state index contributed by atoms with van der Waals surface area (Å²) in [6, 6.07) is 0.0366. The van der Waals surface area contributed by atoms with E-state index in [0.717, 1.165) is 169 Å². The quantitative estimate of drug-likeness (QED) is 0.107. The number of carbonyl (C=O) groups is 5. The number of nitrogens with one attached hydrogen (secondary N) is 1. The topological polar surface area (TPSA) is 231 Å². The number of halogens is 8. The Bertz CT molecular complexity index is 2790. The maximum atomic E-state index is 13.5. The van der Waals surface area contributed by atoms with Crippen LogP contribution in [0.5, 0.6) is 0 Å². The second-order valence-corrected chi connectivity index (χ2v) is 35.5. The third-order valence-corrected chi connectivity index (χ3v) is 27.1. The van der Waals surface area contributed by atoms with Crippen LogP contribution in [0, 0.1) is 0 Å². The number of hydrogen-bond donors (Lipinski definition) is 4. The van der Waals surface area contributed by atoms with Gasteiger partial charge in [-0.05, 0) is 263 Å². The number of ether oxygens (including phenoxy) is 3. The summed E-state index contributed by atoms with van der Waals surface area (Å²) in [4.78, 5) is 87.5. The van der Waals surface area contributed by atoms with Crippen molar-refractivity contribution in [2.24, 2.45) is 0 Å². The van der Waals surface area contributed by atoms with Crippen LogP contribution in [0.3, 0.4) is 0 Å². The van der Waals surface area contributed by atoms with Crippen LogP contribution in [0.2, 0.25) is 0 Å². The standard InChI is InChI=1S/C12H20F2N2O2.2C12H21FN2O2.C12H23N3O.C11H18F2N2O2.2C11H21FN2O/c1-15-5-3-9(4-6-15)16-8-12(13,14)7-10(16)11(17)18-2;2*1-14-5-3-10(4-6-14)15-8-9(13)7-11(15)12(16)17-2;1-13-12(16)11-4-3-7-15(11)10-5-8-14(2)9-6-10;1-14-4-2-8(3-5-14)15-7-11(12,13)6-9(15)10(16)17;2*1-13-4-2-10(3-5-13)14-7-9(12)6-11(14)8-15/h9-10H,3-8H2,1-2H3;2*9-11H,3-8H2,1-2H3;10-11H,3-9H2,1-2H3,(H,13,16);8-9H,2-7H2,1H3,(H,16,17);2*9-11,15H,2-8H2,1H3/t10-;9-,11+;9-,11-;11-;9-;9-,11+;9-,11-/m1010101/s1. The Morgan fingerprint density at radius 3 is 0.887 bits per heavy atom. The smallest absolute Gasteiger partial charge is 0.323 e. The Hall–Kier alpha value is -3.85. The van der Waals surface area contributed by atoms with Gasteiger partial charge in [0, 0.05) is 113 Å². The zero-order chi connectivity index (χ0) is 84.0. The summed E-state index contributed by atoms with van der Waals surface area (Å²) in [7, 11) is 20.4. The van der Waals surface area contributed by atoms with Crippen LogP contribution in [0.1, 0.15) is 141 Å². The number of esters is 3. The van der Waals surface area contributed by atoms with Crippen molar-refractivity contribution in [2.75, 3.05) is 228 Å². The number of carboxylic acid groups (broad SMARTS) is 1. The Balaban J connectivity index is 0.000000168. The summed E-state index contributed by atoms with van der Waals surface area (Å²) in [6.45, 7) is 16.7. The van der Waals surface area contributed by atoms with Gasteiger partial charge in [-0.1, -0.05) is 0 Å². The fourth-order valence-corrected chi connectivity index (χ4v) is 20.2. The number of carbonyl (C=O) groups excluding carboxylic acids is 4. The van der Waals surface area contributed by atoms with Crippen LogP contribution in [0.15, 0.2) is 0 Å². The van der Waals surface area contributed by atoms with Crippen molar-refractivity contribution in [1.82, 2.24) is 73.9 Å².